The molecule has 0 saturated heterocycles. The molecule has 1 aromatic heterocycles. The fourth-order valence-electron chi connectivity index (χ4n) is 8.96. The van der Waals surface area contributed by atoms with Crippen LogP contribution in [0.5, 0.6) is 11.5 Å². The van der Waals surface area contributed by atoms with Crippen molar-refractivity contribution in [2.75, 3.05) is 0 Å². The molecule has 0 saturated carbocycles. The van der Waals surface area contributed by atoms with E-state index in [4.69, 9.17) is 14.7 Å². The predicted octanol–water partition coefficient (Wildman–Crippen LogP) is 13.2. The van der Waals surface area contributed by atoms with E-state index in [0.717, 1.165) is 89.6 Å². The molecule has 4 nitrogen and oxygen atoms in total. The Morgan fingerprint density at radius 1 is 0.379 bits per heavy atom. The molecule has 4 heteroatoms. The van der Waals surface area contributed by atoms with Gasteiger partial charge >= 0.3 is 0 Å². The first kappa shape index (κ1) is 33.5. The molecule has 0 radical (unpaired) electrons. The zero-order valence-corrected chi connectivity index (χ0v) is 31.3. The topological polar surface area (TPSA) is 58.8 Å². The molecule has 2 heterocycles. The standard InChI is InChI=1S/C54H33N3O/c55-34-35-13-11-18-38(29-35)40-25-27-43-44-28-26-42(32-48(44)54(47(43)31-40)45-21-7-9-23-51(45)58-52-24-10-8-22-46(52)54)53-56-49(37-16-5-2-6-17-37)33-50(57-53)41-20-12-19-39(30-41)36-14-3-1-4-15-36/h1-33H. The lowest BCUT2D eigenvalue weighted by molar-refractivity contribution is 0.436. The van der Waals surface area contributed by atoms with E-state index >= 15 is 0 Å². The van der Waals surface area contributed by atoms with Crippen LogP contribution in [0.15, 0.2) is 200 Å². The molecule has 0 atom stereocenters. The molecule has 0 amide bonds. The van der Waals surface area contributed by atoms with Crippen LogP contribution < -0.4 is 4.74 Å². The molecular weight excluding hydrogens is 707 g/mol. The number of fused-ring (bicyclic) bond motifs is 9. The van der Waals surface area contributed by atoms with Gasteiger partial charge in [0.05, 0.1) is 28.4 Å². The van der Waals surface area contributed by atoms with Gasteiger partial charge in [-0.1, -0.05) is 152 Å². The van der Waals surface area contributed by atoms with E-state index in [0.29, 0.717) is 11.4 Å². The van der Waals surface area contributed by atoms with Crippen LogP contribution in [0.2, 0.25) is 0 Å². The van der Waals surface area contributed by atoms with Crippen LogP contribution in [-0.4, -0.2) is 9.97 Å². The van der Waals surface area contributed by atoms with Crippen LogP contribution >= 0.6 is 0 Å². The zero-order chi connectivity index (χ0) is 38.6. The molecule has 58 heavy (non-hydrogen) atoms. The van der Waals surface area contributed by atoms with Crippen molar-refractivity contribution in [1.29, 1.82) is 5.26 Å². The van der Waals surface area contributed by atoms with Crippen LogP contribution in [0, 0.1) is 11.3 Å². The summed E-state index contributed by atoms with van der Waals surface area (Å²) in [5.41, 5.74) is 15.7. The third kappa shape index (κ3) is 5.29. The van der Waals surface area contributed by atoms with Gasteiger partial charge in [0.25, 0.3) is 0 Å². The second-order valence-corrected chi connectivity index (χ2v) is 14.8. The molecule has 0 fully saturated rings. The maximum atomic E-state index is 9.77. The fourth-order valence-corrected chi connectivity index (χ4v) is 8.96. The van der Waals surface area contributed by atoms with Crippen LogP contribution in [0.1, 0.15) is 27.8 Å². The van der Waals surface area contributed by atoms with Gasteiger partial charge in [0, 0.05) is 27.8 Å². The largest absolute Gasteiger partial charge is 0.457 e. The number of rotatable bonds is 5. The smallest absolute Gasteiger partial charge is 0.160 e. The molecule has 270 valence electrons. The molecule has 1 aliphatic carbocycles. The highest BCUT2D eigenvalue weighted by Crippen LogP contribution is 2.62. The Bertz CT molecular complexity index is 3060. The summed E-state index contributed by atoms with van der Waals surface area (Å²) in [7, 11) is 0. The Kier molecular flexibility index (Phi) is 7.74. The summed E-state index contributed by atoms with van der Waals surface area (Å²) in [6.07, 6.45) is 0. The Balaban J connectivity index is 1.15. The number of nitrogens with zero attached hydrogens (tertiary/aromatic N) is 3. The van der Waals surface area contributed by atoms with E-state index < -0.39 is 5.41 Å². The van der Waals surface area contributed by atoms with Gasteiger partial charge in [-0.25, -0.2) is 9.97 Å². The average Bonchev–Trinajstić information content (AvgIpc) is 3.58. The molecule has 9 aromatic rings. The molecule has 11 rings (SSSR count). The Morgan fingerprint density at radius 3 is 1.55 bits per heavy atom. The first-order chi connectivity index (χ1) is 28.7. The Morgan fingerprint density at radius 2 is 0.879 bits per heavy atom. The van der Waals surface area contributed by atoms with Crippen molar-refractivity contribution < 1.29 is 4.74 Å². The minimum absolute atomic E-state index is 0.631. The van der Waals surface area contributed by atoms with Gasteiger partial charge < -0.3 is 4.74 Å². The zero-order valence-electron chi connectivity index (χ0n) is 31.3. The lowest BCUT2D eigenvalue weighted by Gasteiger charge is -2.39. The highest BCUT2D eigenvalue weighted by molar-refractivity contribution is 5.92. The number of hydrogen-bond acceptors (Lipinski definition) is 4. The maximum Gasteiger partial charge on any atom is 0.160 e. The second-order valence-electron chi connectivity index (χ2n) is 14.8. The van der Waals surface area contributed by atoms with E-state index in [1.54, 1.807) is 0 Å². The highest BCUT2D eigenvalue weighted by atomic mass is 16.5. The van der Waals surface area contributed by atoms with E-state index in [2.05, 4.69) is 152 Å². The summed E-state index contributed by atoms with van der Waals surface area (Å²) < 4.78 is 6.66. The number of aromatic nitrogens is 2. The van der Waals surface area contributed by atoms with Crippen LogP contribution in [0.3, 0.4) is 0 Å². The van der Waals surface area contributed by atoms with Crippen LogP contribution in [0.4, 0.5) is 0 Å². The van der Waals surface area contributed by atoms with Crippen molar-refractivity contribution in [1.82, 2.24) is 9.97 Å². The SMILES string of the molecule is N#Cc1cccc(-c2ccc3c(c2)C2(c4ccccc4Oc4ccccc42)c2cc(-c4nc(-c5ccccc5)cc(-c5cccc(-c6ccccc6)c5)n4)ccc2-3)c1. The lowest BCUT2D eigenvalue weighted by Crippen LogP contribution is -2.32. The highest BCUT2D eigenvalue weighted by Gasteiger charge is 2.51. The molecule has 1 spiro atoms. The molecule has 1 aliphatic heterocycles. The normalized spacial score (nSPS) is 12.7. The molecule has 2 aliphatic rings. The summed E-state index contributed by atoms with van der Waals surface area (Å²) >= 11 is 0. The van der Waals surface area contributed by atoms with Gasteiger partial charge in [-0.05, 0) is 93.0 Å². The van der Waals surface area contributed by atoms with Gasteiger partial charge in [-0.15, -0.1) is 0 Å². The van der Waals surface area contributed by atoms with Crippen LogP contribution in [0.25, 0.3) is 67.3 Å². The number of nitriles is 1. The summed E-state index contributed by atoms with van der Waals surface area (Å²) in [6.45, 7) is 0. The van der Waals surface area contributed by atoms with Crippen molar-refractivity contribution in [3.8, 4) is 84.9 Å². The molecule has 0 bridgehead atoms. The van der Waals surface area contributed by atoms with E-state index in [1.165, 1.54) is 5.56 Å². The summed E-state index contributed by atoms with van der Waals surface area (Å²) in [5, 5.41) is 9.77. The third-order valence-corrected chi connectivity index (χ3v) is 11.6. The predicted molar refractivity (Wildman–Crippen MR) is 231 cm³/mol. The first-order valence-corrected chi connectivity index (χ1v) is 19.4. The minimum atomic E-state index is -0.709. The Hall–Kier alpha value is -7.87. The van der Waals surface area contributed by atoms with Gasteiger partial charge in [0.1, 0.15) is 11.5 Å². The molecular formula is C54H33N3O. The fraction of sp³-hybridized carbons (Fsp3) is 0.0185. The van der Waals surface area contributed by atoms with Crippen molar-refractivity contribution in [2.45, 2.75) is 5.41 Å². The Labute approximate surface area is 337 Å². The van der Waals surface area contributed by atoms with Crippen molar-refractivity contribution in [2.24, 2.45) is 0 Å². The first-order valence-electron chi connectivity index (χ1n) is 19.4. The number of para-hydroxylation sites is 2. The summed E-state index contributed by atoms with van der Waals surface area (Å²) in [6, 6.07) is 71.9. The van der Waals surface area contributed by atoms with Crippen molar-refractivity contribution in [3.63, 3.8) is 0 Å². The summed E-state index contributed by atoms with van der Waals surface area (Å²) in [5.74, 6) is 2.30. The van der Waals surface area contributed by atoms with Gasteiger partial charge in [-0.2, -0.15) is 5.26 Å². The van der Waals surface area contributed by atoms with Gasteiger partial charge in [0.15, 0.2) is 5.82 Å². The van der Waals surface area contributed by atoms with E-state index in [-0.39, 0.29) is 0 Å². The minimum Gasteiger partial charge on any atom is -0.457 e. The third-order valence-electron chi connectivity index (χ3n) is 11.6. The molecule has 8 aromatic carbocycles. The number of ether oxygens (including phenoxy) is 1. The monoisotopic (exact) mass is 739 g/mol. The van der Waals surface area contributed by atoms with Gasteiger partial charge in [-0.3, -0.25) is 0 Å². The summed E-state index contributed by atoms with van der Waals surface area (Å²) in [4.78, 5) is 10.6. The number of hydrogen-bond donors (Lipinski definition) is 0. The second kappa shape index (κ2) is 13.4. The lowest BCUT2D eigenvalue weighted by atomic mass is 9.65. The van der Waals surface area contributed by atoms with E-state index in [9.17, 15) is 5.26 Å². The quantitative estimate of drug-likeness (QED) is 0.176. The van der Waals surface area contributed by atoms with E-state index in [1.807, 2.05) is 54.6 Å². The van der Waals surface area contributed by atoms with Gasteiger partial charge in [0.2, 0.25) is 0 Å². The number of benzene rings is 8. The molecule has 0 N–H and O–H groups in total. The van der Waals surface area contributed by atoms with Crippen molar-refractivity contribution in [3.05, 3.63) is 228 Å². The van der Waals surface area contributed by atoms with Crippen molar-refractivity contribution >= 4 is 0 Å². The van der Waals surface area contributed by atoms with Crippen LogP contribution in [-0.2, 0) is 5.41 Å². The molecule has 0 unspecified atom stereocenters. The maximum absolute atomic E-state index is 9.77. The average molecular weight is 740 g/mol.